The summed E-state index contributed by atoms with van der Waals surface area (Å²) in [6.07, 6.45) is 7.09. The van der Waals surface area contributed by atoms with Gasteiger partial charge in [-0.3, -0.25) is 0 Å². The maximum atomic E-state index is 9.72. The van der Waals surface area contributed by atoms with Gasteiger partial charge in [-0.1, -0.05) is 140 Å². The van der Waals surface area contributed by atoms with Gasteiger partial charge in [-0.05, 0) is 99.6 Å². The van der Waals surface area contributed by atoms with Crippen LogP contribution in [0.15, 0.2) is 206 Å². The third-order valence-electron chi connectivity index (χ3n) is 11.3. The number of hydrogen-bond donors (Lipinski definition) is 0. The van der Waals surface area contributed by atoms with Crippen LogP contribution >= 0.6 is 0 Å². The van der Waals surface area contributed by atoms with Crippen molar-refractivity contribution in [3.8, 4) is 17.2 Å². The number of rotatable bonds is 6. The average Bonchev–Trinajstić information content (AvgIpc) is 3.72. The Labute approximate surface area is 310 Å². The lowest BCUT2D eigenvalue weighted by molar-refractivity contribution is 0.735. The number of hydrogen-bond acceptors (Lipinski definition) is 3. The minimum absolute atomic E-state index is 0.152. The Morgan fingerprint density at radius 3 is 1.89 bits per heavy atom. The van der Waals surface area contributed by atoms with Crippen LogP contribution in [-0.4, -0.2) is 6.04 Å². The Hall–Kier alpha value is -6.89. The van der Waals surface area contributed by atoms with Crippen molar-refractivity contribution in [1.29, 1.82) is 5.26 Å². The second kappa shape index (κ2) is 12.4. The van der Waals surface area contributed by atoms with Crippen LogP contribution in [-0.2, 0) is 5.41 Å². The lowest BCUT2D eigenvalue weighted by Gasteiger charge is -2.36. The number of allylic oxidation sites excluding steroid dienone is 1. The molecule has 0 aromatic heterocycles. The first-order valence-corrected chi connectivity index (χ1v) is 18.2. The average molecular weight is 678 g/mol. The normalized spacial score (nSPS) is 17.2. The molecule has 53 heavy (non-hydrogen) atoms. The van der Waals surface area contributed by atoms with Gasteiger partial charge in [0.2, 0.25) is 0 Å². The van der Waals surface area contributed by atoms with Gasteiger partial charge >= 0.3 is 0 Å². The van der Waals surface area contributed by atoms with Crippen molar-refractivity contribution in [3.05, 3.63) is 239 Å². The predicted molar refractivity (Wildman–Crippen MR) is 216 cm³/mol. The molecular weight excluding hydrogens is 643 g/mol. The van der Waals surface area contributed by atoms with Crippen LogP contribution in [0.5, 0.6) is 0 Å². The van der Waals surface area contributed by atoms with Crippen molar-refractivity contribution in [2.24, 2.45) is 0 Å². The molecule has 3 aliphatic rings. The van der Waals surface area contributed by atoms with E-state index in [4.69, 9.17) is 0 Å². The van der Waals surface area contributed by atoms with Crippen LogP contribution in [0, 0.1) is 11.3 Å². The summed E-state index contributed by atoms with van der Waals surface area (Å²) in [6, 6.07) is 67.7. The Balaban J connectivity index is 1.18. The zero-order chi connectivity index (χ0) is 35.4. The molecule has 250 valence electrons. The summed E-state index contributed by atoms with van der Waals surface area (Å²) in [7, 11) is 0. The molecule has 10 rings (SSSR count). The zero-order valence-electron chi connectivity index (χ0n) is 29.0. The Morgan fingerprint density at radius 1 is 0.566 bits per heavy atom. The number of nitrogens with zero attached hydrogens (tertiary/aromatic N) is 3. The SMILES string of the molecule is N#Cc1ccc(N(C2=CC3c4ccccc4N(c4ccccc4)C3C=C2)c2ccc3c(c2)C(c2ccccc2)(c2ccccc2)c2ccccc2-3)cc1. The molecule has 1 aliphatic heterocycles. The van der Waals surface area contributed by atoms with Gasteiger partial charge in [-0.2, -0.15) is 5.26 Å². The van der Waals surface area contributed by atoms with Gasteiger partial charge in [-0.25, -0.2) is 0 Å². The molecule has 2 unspecified atom stereocenters. The molecule has 3 nitrogen and oxygen atoms in total. The first kappa shape index (κ1) is 30.9. The number of benzene rings is 7. The van der Waals surface area contributed by atoms with Gasteiger partial charge in [0.1, 0.15) is 0 Å². The van der Waals surface area contributed by atoms with Gasteiger partial charge < -0.3 is 9.80 Å². The second-order valence-corrected chi connectivity index (χ2v) is 14.0. The summed E-state index contributed by atoms with van der Waals surface area (Å²) >= 11 is 0. The Kier molecular flexibility index (Phi) is 7.23. The van der Waals surface area contributed by atoms with Crippen LogP contribution in [0.4, 0.5) is 22.7 Å². The molecule has 0 saturated heterocycles. The maximum Gasteiger partial charge on any atom is 0.0991 e. The predicted octanol–water partition coefficient (Wildman–Crippen LogP) is 11.8. The van der Waals surface area contributed by atoms with Crippen molar-refractivity contribution in [2.75, 3.05) is 9.80 Å². The molecule has 0 N–H and O–H groups in total. The van der Waals surface area contributed by atoms with E-state index in [1.54, 1.807) is 0 Å². The largest absolute Gasteiger partial charge is 0.333 e. The first-order chi connectivity index (χ1) is 26.3. The Bertz CT molecular complexity index is 2540. The maximum absolute atomic E-state index is 9.72. The summed E-state index contributed by atoms with van der Waals surface area (Å²) in [5.41, 5.74) is 14.6. The fourth-order valence-corrected chi connectivity index (χ4v) is 9.08. The van der Waals surface area contributed by atoms with Crippen molar-refractivity contribution < 1.29 is 0 Å². The topological polar surface area (TPSA) is 30.3 Å². The van der Waals surface area contributed by atoms with Crippen molar-refractivity contribution in [1.82, 2.24) is 0 Å². The molecule has 0 spiro atoms. The first-order valence-electron chi connectivity index (χ1n) is 18.2. The quantitative estimate of drug-likeness (QED) is 0.175. The molecule has 7 aromatic carbocycles. The summed E-state index contributed by atoms with van der Waals surface area (Å²) in [6.45, 7) is 0. The lowest BCUT2D eigenvalue weighted by atomic mass is 9.67. The minimum atomic E-state index is -0.511. The monoisotopic (exact) mass is 677 g/mol. The highest BCUT2D eigenvalue weighted by molar-refractivity contribution is 5.89. The van der Waals surface area contributed by atoms with E-state index < -0.39 is 5.41 Å². The van der Waals surface area contributed by atoms with Gasteiger partial charge in [0.25, 0.3) is 0 Å². The molecule has 2 aliphatic carbocycles. The van der Waals surface area contributed by atoms with E-state index in [0.717, 1.165) is 17.1 Å². The van der Waals surface area contributed by atoms with Crippen LogP contribution < -0.4 is 9.80 Å². The summed E-state index contributed by atoms with van der Waals surface area (Å²) in [5.74, 6) is 0.152. The Morgan fingerprint density at radius 2 is 1.17 bits per heavy atom. The van der Waals surface area contributed by atoms with E-state index in [2.05, 4.69) is 204 Å². The van der Waals surface area contributed by atoms with E-state index in [-0.39, 0.29) is 12.0 Å². The highest BCUT2D eigenvalue weighted by Gasteiger charge is 2.46. The fourth-order valence-electron chi connectivity index (χ4n) is 9.08. The number of para-hydroxylation sites is 2. The number of nitriles is 1. The van der Waals surface area contributed by atoms with Gasteiger partial charge in [-0.15, -0.1) is 0 Å². The summed E-state index contributed by atoms with van der Waals surface area (Å²) in [5, 5.41) is 9.72. The highest BCUT2D eigenvalue weighted by atomic mass is 15.2. The van der Waals surface area contributed by atoms with E-state index >= 15 is 0 Å². The van der Waals surface area contributed by atoms with Crippen LogP contribution in [0.3, 0.4) is 0 Å². The molecule has 0 amide bonds. The lowest BCUT2D eigenvalue weighted by Crippen LogP contribution is -2.31. The molecule has 0 radical (unpaired) electrons. The molecule has 1 heterocycles. The molecule has 3 heteroatoms. The van der Waals surface area contributed by atoms with E-state index in [0.29, 0.717) is 5.56 Å². The van der Waals surface area contributed by atoms with Gasteiger partial charge in [0, 0.05) is 34.4 Å². The van der Waals surface area contributed by atoms with E-state index in [1.807, 2.05) is 12.1 Å². The van der Waals surface area contributed by atoms with Crippen molar-refractivity contribution in [3.63, 3.8) is 0 Å². The number of anilines is 4. The third kappa shape index (κ3) is 4.73. The molecule has 2 atom stereocenters. The van der Waals surface area contributed by atoms with Crippen molar-refractivity contribution >= 4 is 22.7 Å². The fraction of sp³-hybridized carbons (Fsp3) is 0.0600. The summed E-state index contributed by atoms with van der Waals surface area (Å²) < 4.78 is 0. The smallest absolute Gasteiger partial charge is 0.0991 e. The van der Waals surface area contributed by atoms with Crippen LogP contribution in [0.1, 0.15) is 39.3 Å². The minimum Gasteiger partial charge on any atom is -0.333 e. The van der Waals surface area contributed by atoms with Gasteiger partial charge in [0.15, 0.2) is 0 Å². The van der Waals surface area contributed by atoms with Crippen LogP contribution in [0.25, 0.3) is 11.1 Å². The van der Waals surface area contributed by atoms with E-state index in [9.17, 15) is 5.26 Å². The highest BCUT2D eigenvalue weighted by Crippen LogP contribution is 2.57. The number of fused-ring (bicyclic) bond motifs is 6. The third-order valence-corrected chi connectivity index (χ3v) is 11.3. The molecular formula is C50H35N3. The molecule has 7 aromatic rings. The van der Waals surface area contributed by atoms with Crippen molar-refractivity contribution in [2.45, 2.75) is 17.4 Å². The molecule has 0 bridgehead atoms. The standard InChI is InChI=1S/C50H35N3/c51-34-35-24-26-39(27-25-35)52(40-29-31-49-45(32-40)44-21-11-13-23-48(44)53(49)38-18-8-3-9-19-38)41-28-30-43-42-20-10-12-22-46(42)50(47(43)33-41,36-14-4-1-5-15-36)37-16-6-2-7-17-37/h1-33,45,49H. The molecule has 0 saturated carbocycles. The van der Waals surface area contributed by atoms with E-state index in [1.165, 1.54) is 50.3 Å². The van der Waals surface area contributed by atoms with Crippen LogP contribution in [0.2, 0.25) is 0 Å². The summed E-state index contributed by atoms with van der Waals surface area (Å²) in [4.78, 5) is 4.84. The molecule has 0 fully saturated rings. The zero-order valence-corrected chi connectivity index (χ0v) is 29.0. The second-order valence-electron chi connectivity index (χ2n) is 14.0. The van der Waals surface area contributed by atoms with Gasteiger partial charge in [0.05, 0.1) is 23.1 Å².